The molecule has 6 nitrogen and oxygen atoms in total. The van der Waals surface area contributed by atoms with Crippen molar-refractivity contribution >= 4 is 5.97 Å². The second-order valence-corrected chi connectivity index (χ2v) is 5.17. The molecule has 0 aliphatic rings. The van der Waals surface area contributed by atoms with Crippen LogP contribution in [-0.4, -0.2) is 28.1 Å². The van der Waals surface area contributed by atoms with E-state index in [0.29, 0.717) is 17.1 Å². The number of aromatic nitrogens is 3. The molecule has 0 atom stereocenters. The molecule has 0 amide bonds. The van der Waals surface area contributed by atoms with E-state index in [1.54, 1.807) is 18.7 Å². The number of esters is 1. The largest absolute Gasteiger partial charge is 0.494 e. The summed E-state index contributed by atoms with van der Waals surface area (Å²) in [5, 5.41) is 8.02. The highest BCUT2D eigenvalue weighted by molar-refractivity contribution is 5.88. The molecule has 0 N–H and O–H groups in total. The third kappa shape index (κ3) is 3.12. The molecule has 0 saturated carbocycles. The summed E-state index contributed by atoms with van der Waals surface area (Å²) in [5.41, 5.74) is 2.42. The molecule has 0 aliphatic heterocycles. The van der Waals surface area contributed by atoms with Crippen LogP contribution in [0.1, 0.15) is 21.7 Å². The van der Waals surface area contributed by atoms with Gasteiger partial charge in [0.2, 0.25) is 0 Å². The fourth-order valence-corrected chi connectivity index (χ4v) is 2.34. The summed E-state index contributed by atoms with van der Waals surface area (Å²) >= 11 is 0. The summed E-state index contributed by atoms with van der Waals surface area (Å²) < 4.78 is 12.2. The maximum Gasteiger partial charge on any atom is 0.361 e. The summed E-state index contributed by atoms with van der Waals surface area (Å²) in [6.07, 6.45) is 0. The van der Waals surface area contributed by atoms with Crippen LogP contribution in [0.5, 0.6) is 5.75 Å². The third-order valence-corrected chi connectivity index (χ3v) is 3.61. The normalized spacial score (nSPS) is 10.4. The molecule has 1 aromatic heterocycles. The molecule has 6 heteroatoms. The van der Waals surface area contributed by atoms with Crippen LogP contribution in [0, 0.1) is 6.92 Å². The van der Waals surface area contributed by atoms with Crippen molar-refractivity contribution in [1.29, 1.82) is 0 Å². The summed E-state index contributed by atoms with van der Waals surface area (Å²) in [7, 11) is 1.58. The van der Waals surface area contributed by atoms with E-state index in [1.165, 1.54) is 0 Å². The standard InChI is InChI=1S/C18H17N3O3/c1-13-17(18(22)24-12-14-8-4-3-5-9-14)19-20-21(13)15-10-6-7-11-16(15)23-2/h3-11H,12H2,1-2H3. The summed E-state index contributed by atoms with van der Waals surface area (Å²) in [6.45, 7) is 1.96. The van der Waals surface area contributed by atoms with E-state index in [4.69, 9.17) is 9.47 Å². The molecule has 3 rings (SSSR count). The maximum atomic E-state index is 12.3. The van der Waals surface area contributed by atoms with Gasteiger partial charge in [-0.3, -0.25) is 0 Å². The minimum atomic E-state index is -0.502. The zero-order chi connectivity index (χ0) is 16.9. The lowest BCUT2D eigenvalue weighted by atomic mass is 10.2. The Hall–Kier alpha value is -3.15. The summed E-state index contributed by atoms with van der Waals surface area (Å²) in [4.78, 5) is 12.3. The number of hydrogen-bond acceptors (Lipinski definition) is 5. The number of hydrogen-bond donors (Lipinski definition) is 0. The van der Waals surface area contributed by atoms with Gasteiger partial charge in [0.1, 0.15) is 18.0 Å². The van der Waals surface area contributed by atoms with E-state index in [2.05, 4.69) is 10.3 Å². The van der Waals surface area contributed by atoms with Crippen molar-refractivity contribution in [2.45, 2.75) is 13.5 Å². The van der Waals surface area contributed by atoms with E-state index in [9.17, 15) is 4.79 Å². The van der Waals surface area contributed by atoms with Crippen LogP contribution in [0.2, 0.25) is 0 Å². The number of rotatable bonds is 5. The molecule has 0 fully saturated rings. The molecular weight excluding hydrogens is 306 g/mol. The fourth-order valence-electron chi connectivity index (χ4n) is 2.34. The van der Waals surface area contributed by atoms with Crippen molar-refractivity contribution in [3.8, 4) is 11.4 Å². The van der Waals surface area contributed by atoms with Crippen LogP contribution in [0.15, 0.2) is 54.6 Å². The van der Waals surface area contributed by atoms with Crippen molar-refractivity contribution in [2.24, 2.45) is 0 Å². The van der Waals surface area contributed by atoms with Crippen molar-refractivity contribution in [3.05, 3.63) is 71.5 Å². The minimum Gasteiger partial charge on any atom is -0.494 e. The zero-order valence-corrected chi connectivity index (χ0v) is 13.5. The lowest BCUT2D eigenvalue weighted by Gasteiger charge is -2.09. The Morgan fingerprint density at radius 3 is 2.54 bits per heavy atom. The topological polar surface area (TPSA) is 66.2 Å². The minimum absolute atomic E-state index is 0.192. The fraction of sp³-hybridized carbons (Fsp3) is 0.167. The van der Waals surface area contributed by atoms with Crippen molar-refractivity contribution in [3.63, 3.8) is 0 Å². The van der Waals surface area contributed by atoms with Crippen LogP contribution in [0.3, 0.4) is 0 Å². The molecule has 1 heterocycles. The Morgan fingerprint density at radius 1 is 1.08 bits per heavy atom. The monoisotopic (exact) mass is 323 g/mol. The highest BCUT2D eigenvalue weighted by Crippen LogP contribution is 2.23. The second kappa shape index (κ2) is 6.95. The molecule has 0 unspecified atom stereocenters. The Morgan fingerprint density at radius 2 is 1.79 bits per heavy atom. The van der Waals surface area contributed by atoms with Crippen LogP contribution in [0.4, 0.5) is 0 Å². The summed E-state index contributed by atoms with van der Waals surface area (Å²) in [5.74, 6) is 0.146. The van der Waals surface area contributed by atoms with Crippen molar-refractivity contribution < 1.29 is 14.3 Å². The van der Waals surface area contributed by atoms with Crippen LogP contribution in [-0.2, 0) is 11.3 Å². The number of para-hydroxylation sites is 2. The quantitative estimate of drug-likeness (QED) is 0.675. The number of benzene rings is 2. The molecule has 122 valence electrons. The number of nitrogens with zero attached hydrogens (tertiary/aromatic N) is 3. The van der Waals surface area contributed by atoms with Gasteiger partial charge in [0.25, 0.3) is 0 Å². The average Bonchev–Trinajstić information content (AvgIpc) is 3.02. The zero-order valence-electron chi connectivity index (χ0n) is 13.5. The lowest BCUT2D eigenvalue weighted by molar-refractivity contribution is 0.0464. The number of carbonyl (C=O) groups is 1. The van der Waals surface area contributed by atoms with Gasteiger partial charge in [-0.25, -0.2) is 9.48 Å². The first-order chi connectivity index (χ1) is 11.7. The first-order valence-corrected chi connectivity index (χ1v) is 7.47. The first-order valence-electron chi connectivity index (χ1n) is 7.47. The van der Waals surface area contributed by atoms with Crippen molar-refractivity contribution in [2.75, 3.05) is 7.11 Å². The molecular formula is C18H17N3O3. The van der Waals surface area contributed by atoms with Gasteiger partial charge in [0.15, 0.2) is 5.69 Å². The second-order valence-electron chi connectivity index (χ2n) is 5.17. The van der Waals surface area contributed by atoms with E-state index in [-0.39, 0.29) is 12.3 Å². The van der Waals surface area contributed by atoms with Gasteiger partial charge in [0, 0.05) is 0 Å². The number of carbonyl (C=O) groups excluding carboxylic acids is 1. The molecule has 0 bridgehead atoms. The molecule has 3 aromatic rings. The summed E-state index contributed by atoms with van der Waals surface area (Å²) in [6, 6.07) is 16.9. The Bertz CT molecular complexity index is 844. The van der Waals surface area contributed by atoms with Gasteiger partial charge < -0.3 is 9.47 Å². The average molecular weight is 323 g/mol. The van der Waals surface area contributed by atoms with Gasteiger partial charge in [-0.05, 0) is 24.6 Å². The highest BCUT2D eigenvalue weighted by Gasteiger charge is 2.20. The molecule has 0 saturated heterocycles. The number of ether oxygens (including phenoxy) is 2. The Kier molecular flexibility index (Phi) is 4.56. The van der Waals surface area contributed by atoms with Crippen LogP contribution < -0.4 is 4.74 Å². The smallest absolute Gasteiger partial charge is 0.361 e. The van der Waals surface area contributed by atoms with E-state index in [0.717, 1.165) is 5.56 Å². The van der Waals surface area contributed by atoms with Crippen LogP contribution >= 0.6 is 0 Å². The lowest BCUT2D eigenvalue weighted by Crippen LogP contribution is -2.08. The molecule has 2 aromatic carbocycles. The molecule has 0 aliphatic carbocycles. The SMILES string of the molecule is COc1ccccc1-n1nnc(C(=O)OCc2ccccc2)c1C. The van der Waals surface area contributed by atoms with Gasteiger partial charge >= 0.3 is 5.97 Å². The van der Waals surface area contributed by atoms with Crippen molar-refractivity contribution in [1.82, 2.24) is 15.0 Å². The van der Waals surface area contributed by atoms with E-state index >= 15 is 0 Å². The van der Waals surface area contributed by atoms with E-state index < -0.39 is 5.97 Å². The Labute approximate surface area is 139 Å². The predicted octanol–water partition coefficient (Wildman–Crippen LogP) is 2.94. The number of methoxy groups -OCH3 is 1. The molecule has 0 radical (unpaired) electrons. The Balaban J connectivity index is 1.81. The molecule has 24 heavy (non-hydrogen) atoms. The van der Waals surface area contributed by atoms with Gasteiger partial charge in [0.05, 0.1) is 12.8 Å². The predicted molar refractivity (Wildman–Crippen MR) is 88.2 cm³/mol. The third-order valence-electron chi connectivity index (χ3n) is 3.61. The maximum absolute atomic E-state index is 12.3. The van der Waals surface area contributed by atoms with Gasteiger partial charge in [-0.15, -0.1) is 5.10 Å². The van der Waals surface area contributed by atoms with Crippen LogP contribution in [0.25, 0.3) is 5.69 Å². The first kappa shape index (κ1) is 15.7. The van der Waals surface area contributed by atoms with Gasteiger partial charge in [-0.2, -0.15) is 0 Å². The van der Waals surface area contributed by atoms with Gasteiger partial charge in [-0.1, -0.05) is 47.7 Å². The highest BCUT2D eigenvalue weighted by atomic mass is 16.5. The van der Waals surface area contributed by atoms with E-state index in [1.807, 2.05) is 54.6 Å². The molecule has 0 spiro atoms.